The van der Waals surface area contributed by atoms with Gasteiger partial charge in [0.15, 0.2) is 0 Å². The van der Waals surface area contributed by atoms with E-state index in [4.69, 9.17) is 10.5 Å². The summed E-state index contributed by atoms with van der Waals surface area (Å²) in [7, 11) is 0. The molecule has 0 bridgehead atoms. The maximum atomic E-state index is 11.9. The van der Waals surface area contributed by atoms with E-state index in [-0.39, 0.29) is 11.8 Å². The van der Waals surface area contributed by atoms with Gasteiger partial charge in [0, 0.05) is 12.5 Å². The molecule has 0 aromatic heterocycles. The van der Waals surface area contributed by atoms with Crippen molar-refractivity contribution in [3.05, 3.63) is 0 Å². The Morgan fingerprint density at radius 1 is 1.57 bits per heavy atom. The van der Waals surface area contributed by atoms with Gasteiger partial charge in [0.25, 0.3) is 0 Å². The minimum Gasteiger partial charge on any atom is -0.379 e. The van der Waals surface area contributed by atoms with E-state index in [0.29, 0.717) is 19.6 Å². The summed E-state index contributed by atoms with van der Waals surface area (Å²) in [6.45, 7) is 5.09. The van der Waals surface area contributed by atoms with E-state index >= 15 is 0 Å². The third kappa shape index (κ3) is 2.34. The van der Waals surface area contributed by atoms with Gasteiger partial charge in [-0.2, -0.15) is 0 Å². The molecular formula is C11H21NO2. The summed E-state index contributed by atoms with van der Waals surface area (Å²) < 4.78 is 5.25. The van der Waals surface area contributed by atoms with E-state index in [9.17, 15) is 4.79 Å². The van der Waals surface area contributed by atoms with E-state index in [1.165, 1.54) is 0 Å². The van der Waals surface area contributed by atoms with Crippen LogP contribution in [0.3, 0.4) is 0 Å². The van der Waals surface area contributed by atoms with Crippen LogP contribution in [-0.2, 0) is 9.53 Å². The topological polar surface area (TPSA) is 52.3 Å². The van der Waals surface area contributed by atoms with Crippen LogP contribution in [0.1, 0.15) is 39.5 Å². The minimum atomic E-state index is -0.423. The summed E-state index contributed by atoms with van der Waals surface area (Å²) in [6, 6.07) is -0.114. The number of Topliss-reactive ketones (excluding diaryl/α,β-unsaturated/α-hetero) is 1. The number of rotatable bonds is 5. The monoisotopic (exact) mass is 199 g/mol. The van der Waals surface area contributed by atoms with Gasteiger partial charge in [0.05, 0.1) is 18.6 Å². The Kier molecular flexibility index (Phi) is 4.08. The lowest BCUT2D eigenvalue weighted by molar-refractivity contribution is -0.128. The van der Waals surface area contributed by atoms with Crippen LogP contribution in [0.5, 0.6) is 0 Å². The van der Waals surface area contributed by atoms with Crippen LogP contribution in [0.2, 0.25) is 0 Å². The second-order valence-corrected chi connectivity index (χ2v) is 4.42. The molecule has 1 rings (SSSR count). The first-order valence-corrected chi connectivity index (χ1v) is 5.48. The van der Waals surface area contributed by atoms with E-state index in [1.807, 2.05) is 6.92 Å². The number of carbonyl (C=O) groups is 1. The summed E-state index contributed by atoms with van der Waals surface area (Å²) in [5, 5.41) is 0. The Bertz CT molecular complexity index is 205. The molecule has 14 heavy (non-hydrogen) atoms. The van der Waals surface area contributed by atoms with Gasteiger partial charge in [0.2, 0.25) is 0 Å². The lowest BCUT2D eigenvalue weighted by atomic mass is 9.79. The first kappa shape index (κ1) is 11.7. The molecule has 2 atom stereocenters. The van der Waals surface area contributed by atoms with Crippen molar-refractivity contribution in [3.8, 4) is 0 Å². The van der Waals surface area contributed by atoms with Crippen LogP contribution in [0.25, 0.3) is 0 Å². The van der Waals surface area contributed by atoms with Crippen LogP contribution in [0.4, 0.5) is 0 Å². The second-order valence-electron chi connectivity index (χ2n) is 4.42. The third-order valence-corrected chi connectivity index (χ3v) is 3.16. The van der Waals surface area contributed by atoms with Gasteiger partial charge in [-0.1, -0.05) is 19.8 Å². The fourth-order valence-electron chi connectivity index (χ4n) is 1.80. The fraction of sp³-hybridized carbons (Fsp3) is 0.909. The van der Waals surface area contributed by atoms with Gasteiger partial charge in [-0.3, -0.25) is 4.79 Å². The first-order valence-electron chi connectivity index (χ1n) is 5.48. The molecule has 1 fully saturated rings. The summed E-state index contributed by atoms with van der Waals surface area (Å²) in [5.41, 5.74) is 5.45. The highest BCUT2D eigenvalue weighted by molar-refractivity contribution is 5.85. The summed E-state index contributed by atoms with van der Waals surface area (Å²) >= 11 is 0. The Labute approximate surface area is 86.0 Å². The predicted molar refractivity (Wildman–Crippen MR) is 56.1 cm³/mol. The molecule has 0 aliphatic carbocycles. The van der Waals surface area contributed by atoms with Crippen LogP contribution < -0.4 is 5.73 Å². The molecule has 3 heteroatoms. The zero-order chi connectivity index (χ0) is 10.6. The van der Waals surface area contributed by atoms with E-state index in [2.05, 4.69) is 6.92 Å². The van der Waals surface area contributed by atoms with Crippen LogP contribution >= 0.6 is 0 Å². The Hall–Kier alpha value is -0.410. The third-order valence-electron chi connectivity index (χ3n) is 3.16. The molecule has 82 valence electrons. The standard InChI is InChI=1S/C11H21NO2/c1-3-4-5-6-10(13)11(2)8-14-7-9(11)12/h9H,3-8,12H2,1-2H3. The SMILES string of the molecule is CCCCCC(=O)C1(C)COCC1N. The van der Waals surface area contributed by atoms with Crippen molar-refractivity contribution in [1.29, 1.82) is 0 Å². The molecular weight excluding hydrogens is 178 g/mol. The molecule has 1 aliphatic heterocycles. The lowest BCUT2D eigenvalue weighted by Gasteiger charge is -2.24. The number of ketones is 1. The Morgan fingerprint density at radius 3 is 2.79 bits per heavy atom. The van der Waals surface area contributed by atoms with Crippen molar-refractivity contribution in [2.45, 2.75) is 45.6 Å². The molecule has 0 radical (unpaired) electrons. The van der Waals surface area contributed by atoms with Crippen molar-refractivity contribution < 1.29 is 9.53 Å². The lowest BCUT2D eigenvalue weighted by Crippen LogP contribution is -2.44. The van der Waals surface area contributed by atoms with Crippen LogP contribution in [-0.4, -0.2) is 25.0 Å². The van der Waals surface area contributed by atoms with Gasteiger partial charge in [-0.05, 0) is 13.3 Å². The second kappa shape index (κ2) is 4.89. The van der Waals surface area contributed by atoms with Crippen LogP contribution in [0, 0.1) is 5.41 Å². The van der Waals surface area contributed by atoms with Crippen molar-refractivity contribution >= 4 is 5.78 Å². The van der Waals surface area contributed by atoms with Gasteiger partial charge in [0.1, 0.15) is 5.78 Å². The Morgan fingerprint density at radius 2 is 2.29 bits per heavy atom. The number of carbonyl (C=O) groups excluding carboxylic acids is 1. The minimum absolute atomic E-state index is 0.114. The molecule has 0 spiro atoms. The largest absolute Gasteiger partial charge is 0.379 e. The fourth-order valence-corrected chi connectivity index (χ4v) is 1.80. The normalized spacial score (nSPS) is 32.1. The maximum Gasteiger partial charge on any atom is 0.142 e. The average Bonchev–Trinajstić information content (AvgIpc) is 2.49. The molecule has 2 unspecified atom stereocenters. The quantitative estimate of drug-likeness (QED) is 0.683. The van der Waals surface area contributed by atoms with Crippen molar-refractivity contribution in [3.63, 3.8) is 0 Å². The van der Waals surface area contributed by atoms with Gasteiger partial charge in [-0.25, -0.2) is 0 Å². The van der Waals surface area contributed by atoms with E-state index in [0.717, 1.165) is 19.3 Å². The smallest absolute Gasteiger partial charge is 0.142 e. The van der Waals surface area contributed by atoms with Crippen molar-refractivity contribution in [1.82, 2.24) is 0 Å². The maximum absolute atomic E-state index is 11.9. The number of hydrogen-bond donors (Lipinski definition) is 1. The molecule has 0 aromatic rings. The van der Waals surface area contributed by atoms with E-state index < -0.39 is 5.41 Å². The highest BCUT2D eigenvalue weighted by Gasteiger charge is 2.43. The summed E-state index contributed by atoms with van der Waals surface area (Å²) in [6.07, 6.45) is 3.91. The van der Waals surface area contributed by atoms with Crippen LogP contribution in [0.15, 0.2) is 0 Å². The number of ether oxygens (including phenoxy) is 1. The van der Waals surface area contributed by atoms with Crippen molar-refractivity contribution in [2.24, 2.45) is 11.1 Å². The number of hydrogen-bond acceptors (Lipinski definition) is 3. The highest BCUT2D eigenvalue weighted by Crippen LogP contribution is 2.29. The molecule has 0 aromatic carbocycles. The predicted octanol–water partition coefficient (Wildman–Crippen LogP) is 1.50. The van der Waals surface area contributed by atoms with E-state index in [1.54, 1.807) is 0 Å². The first-order chi connectivity index (χ1) is 6.61. The van der Waals surface area contributed by atoms with Crippen molar-refractivity contribution in [2.75, 3.05) is 13.2 Å². The molecule has 0 amide bonds. The molecule has 1 saturated heterocycles. The zero-order valence-corrected chi connectivity index (χ0v) is 9.21. The molecule has 1 heterocycles. The number of unbranched alkanes of at least 4 members (excludes halogenated alkanes) is 2. The van der Waals surface area contributed by atoms with Gasteiger partial charge >= 0.3 is 0 Å². The average molecular weight is 199 g/mol. The molecule has 1 aliphatic rings. The molecule has 0 saturated carbocycles. The Balaban J connectivity index is 2.42. The number of nitrogens with two attached hydrogens (primary N) is 1. The molecule has 2 N–H and O–H groups in total. The summed E-state index contributed by atoms with van der Waals surface area (Å²) in [5.74, 6) is 0.274. The zero-order valence-electron chi connectivity index (χ0n) is 9.21. The van der Waals surface area contributed by atoms with Gasteiger partial charge in [-0.15, -0.1) is 0 Å². The molecule has 3 nitrogen and oxygen atoms in total. The summed E-state index contributed by atoms with van der Waals surface area (Å²) in [4.78, 5) is 11.9. The highest BCUT2D eigenvalue weighted by atomic mass is 16.5. The van der Waals surface area contributed by atoms with Gasteiger partial charge < -0.3 is 10.5 Å².